The molecule has 0 aromatic heterocycles. The highest BCUT2D eigenvalue weighted by Crippen LogP contribution is 2.13. The number of quaternary nitrogens is 3. The quantitative estimate of drug-likeness (QED) is 0.209. The van der Waals surface area contributed by atoms with Gasteiger partial charge in [-0.1, -0.05) is 112 Å². The number of allylic oxidation sites excluding steroid dienone is 12. The Kier molecular flexibility index (Phi) is 22.8. The predicted molar refractivity (Wildman–Crippen MR) is 222 cm³/mol. The van der Waals surface area contributed by atoms with Crippen LogP contribution in [0.4, 0.5) is 0 Å². The highest BCUT2D eigenvalue weighted by Gasteiger charge is 2.12. The third-order valence-electron chi connectivity index (χ3n) is 11.3. The van der Waals surface area contributed by atoms with Gasteiger partial charge in [-0.2, -0.15) is 0 Å². The van der Waals surface area contributed by atoms with Crippen molar-refractivity contribution in [3.05, 3.63) is 108 Å². The van der Waals surface area contributed by atoms with Crippen LogP contribution in [0.3, 0.4) is 0 Å². The van der Waals surface area contributed by atoms with Crippen molar-refractivity contribution in [1.29, 1.82) is 0 Å². The Morgan fingerprint density at radius 3 is 1.27 bits per heavy atom. The lowest BCUT2D eigenvalue weighted by molar-refractivity contribution is -0.842. The highest BCUT2D eigenvalue weighted by molar-refractivity contribution is 5.22. The van der Waals surface area contributed by atoms with E-state index in [-0.39, 0.29) is 0 Å². The summed E-state index contributed by atoms with van der Waals surface area (Å²) in [5.74, 6) is 0. The number of hydrogen-bond acceptors (Lipinski definition) is 0. The molecule has 4 heterocycles. The summed E-state index contributed by atoms with van der Waals surface area (Å²) in [5, 5.41) is 0. The normalized spacial score (nSPS) is 27.3. The average molecular weight is 697 g/mol. The Morgan fingerprint density at radius 2 is 0.784 bits per heavy atom. The van der Waals surface area contributed by atoms with E-state index >= 15 is 0 Å². The lowest BCUT2D eigenvalue weighted by Crippen LogP contribution is -3.08. The Hall–Kier alpha value is -2.46. The first-order chi connectivity index (χ1) is 25.3. The van der Waals surface area contributed by atoms with Crippen LogP contribution in [0.25, 0.3) is 0 Å². The maximum Gasteiger partial charge on any atom is 0.104 e. The average Bonchev–Trinajstić information content (AvgIpc) is 3.15. The van der Waals surface area contributed by atoms with Gasteiger partial charge in [0.1, 0.15) is 19.6 Å². The Labute approximate surface area is 315 Å². The van der Waals surface area contributed by atoms with Crippen LogP contribution in [-0.2, 0) is 0 Å². The molecule has 0 amide bonds. The van der Waals surface area contributed by atoms with Crippen molar-refractivity contribution in [3.8, 4) is 0 Å². The number of nitrogens with one attached hydrogen (secondary N) is 3. The zero-order valence-corrected chi connectivity index (χ0v) is 32.9. The van der Waals surface area contributed by atoms with Crippen molar-refractivity contribution in [2.75, 3.05) is 39.3 Å². The molecule has 0 radical (unpaired) electrons. The number of hydrogen-bond donors (Lipinski definition) is 3. The summed E-state index contributed by atoms with van der Waals surface area (Å²) >= 11 is 0. The molecule has 282 valence electrons. The van der Waals surface area contributed by atoms with E-state index in [1.54, 1.807) is 20.3 Å². The van der Waals surface area contributed by atoms with Crippen LogP contribution in [0.2, 0.25) is 0 Å². The zero-order chi connectivity index (χ0) is 35.3. The molecule has 3 heteroatoms. The summed E-state index contributed by atoms with van der Waals surface area (Å²) in [6.07, 6.45) is 68.1. The van der Waals surface area contributed by atoms with Gasteiger partial charge in [-0.05, 0) is 120 Å². The minimum absolute atomic E-state index is 1.10. The predicted octanol–water partition coefficient (Wildman–Crippen LogP) is 9.05. The summed E-state index contributed by atoms with van der Waals surface area (Å²) in [6, 6.07) is 0. The van der Waals surface area contributed by atoms with Gasteiger partial charge in [-0.3, -0.25) is 0 Å². The molecule has 3 nitrogen and oxygen atoms in total. The Morgan fingerprint density at radius 1 is 0.373 bits per heavy atom. The molecule has 0 aromatic carbocycles. The van der Waals surface area contributed by atoms with Crippen molar-refractivity contribution in [2.24, 2.45) is 0 Å². The summed E-state index contributed by atoms with van der Waals surface area (Å²) in [6.45, 7) is 7.39. The van der Waals surface area contributed by atoms with Crippen molar-refractivity contribution in [1.82, 2.24) is 0 Å². The first-order valence-electron chi connectivity index (χ1n) is 21.9. The minimum Gasteiger partial charge on any atom is -0.305 e. The van der Waals surface area contributed by atoms with Crippen LogP contribution in [-0.4, -0.2) is 39.3 Å². The van der Waals surface area contributed by atoms with Gasteiger partial charge in [0.25, 0.3) is 0 Å². The monoisotopic (exact) mass is 697 g/mol. The molecule has 4 aliphatic heterocycles. The molecular formula is C48H78N3+3. The number of rotatable bonds is 0. The van der Waals surface area contributed by atoms with Gasteiger partial charge in [-0.15, -0.1) is 0 Å². The van der Waals surface area contributed by atoms with Gasteiger partial charge in [0.15, 0.2) is 0 Å². The third-order valence-corrected chi connectivity index (χ3v) is 11.3. The van der Waals surface area contributed by atoms with Gasteiger partial charge in [0.2, 0.25) is 0 Å². The van der Waals surface area contributed by atoms with Crippen molar-refractivity contribution in [2.45, 2.75) is 154 Å². The molecular weight excluding hydrogens is 619 g/mol. The fourth-order valence-corrected chi connectivity index (χ4v) is 8.10. The van der Waals surface area contributed by atoms with Gasteiger partial charge in [-0.25, -0.2) is 0 Å². The third kappa shape index (κ3) is 20.4. The largest absolute Gasteiger partial charge is 0.305 e. The molecule has 6 bridgehead atoms. The molecule has 3 unspecified atom stereocenters. The molecule has 0 aromatic rings. The molecule has 0 aliphatic carbocycles. The molecule has 0 spiro atoms. The lowest BCUT2D eigenvalue weighted by Gasteiger charge is -2.19. The first kappa shape index (κ1) is 41.3. The second-order valence-corrected chi connectivity index (χ2v) is 16.0. The standard InChI is InChI=1S/C48H75N3/c1-4-10-16-22-31-46-34-28-41-50(43-46)38-26-20-14-8-3-6-12-18-24-33-48-36-30-42-51(45-48)39-27-21-15-9-2-5-11-17-23-32-47-35-29-40-49(44-47)37-25-19-13-7-1/h16-18,22-24,28-30,34-36,40,43,45H,1-15,19-21,25-27,31-33,37-39,41-42,44H2/p+3. The summed E-state index contributed by atoms with van der Waals surface area (Å²) in [7, 11) is 0. The van der Waals surface area contributed by atoms with Crippen molar-refractivity contribution >= 4 is 0 Å². The van der Waals surface area contributed by atoms with Crippen LogP contribution < -0.4 is 14.7 Å². The van der Waals surface area contributed by atoms with E-state index in [1.807, 2.05) is 0 Å². The zero-order valence-electron chi connectivity index (χ0n) is 32.9. The van der Waals surface area contributed by atoms with E-state index < -0.39 is 0 Å². The molecule has 3 atom stereocenters. The van der Waals surface area contributed by atoms with E-state index in [1.165, 1.54) is 172 Å². The van der Waals surface area contributed by atoms with E-state index in [9.17, 15) is 0 Å². The SMILES string of the molecule is C1=C[NH+]2CCCCCCCCC=CCC3=C[NH+](CC=C3)CCCCCCCCC=CCC3=C[NH+](CC=C3)CCCCCCCCC=CCC(=C1)C2. The second kappa shape index (κ2) is 28.1. The first-order valence-corrected chi connectivity index (χ1v) is 21.9. The molecule has 51 heavy (non-hydrogen) atoms. The molecule has 4 aliphatic rings. The van der Waals surface area contributed by atoms with Crippen LogP contribution in [0.5, 0.6) is 0 Å². The van der Waals surface area contributed by atoms with Gasteiger partial charge >= 0.3 is 0 Å². The summed E-state index contributed by atoms with van der Waals surface area (Å²) < 4.78 is 0. The Bertz CT molecular complexity index is 1190. The van der Waals surface area contributed by atoms with E-state index in [4.69, 9.17) is 0 Å². The van der Waals surface area contributed by atoms with Crippen molar-refractivity contribution in [3.63, 3.8) is 0 Å². The van der Waals surface area contributed by atoms with Crippen LogP contribution in [0.1, 0.15) is 154 Å². The minimum atomic E-state index is 1.10. The molecule has 3 N–H and O–H groups in total. The van der Waals surface area contributed by atoms with Crippen LogP contribution in [0.15, 0.2) is 108 Å². The maximum atomic E-state index is 2.51. The van der Waals surface area contributed by atoms with Crippen LogP contribution in [0, 0.1) is 0 Å². The molecule has 0 saturated heterocycles. The molecule has 4 rings (SSSR count). The van der Waals surface area contributed by atoms with Gasteiger partial charge in [0, 0.05) is 11.1 Å². The highest BCUT2D eigenvalue weighted by atomic mass is 15.1. The lowest BCUT2D eigenvalue weighted by atomic mass is 10.1. The smallest absolute Gasteiger partial charge is 0.104 e. The number of fused-ring (bicyclic) bond motifs is 4. The Balaban J connectivity index is 1.13. The van der Waals surface area contributed by atoms with Gasteiger partial charge in [0.05, 0.1) is 38.2 Å². The van der Waals surface area contributed by atoms with Crippen molar-refractivity contribution < 1.29 is 14.7 Å². The van der Waals surface area contributed by atoms with E-state index in [0.29, 0.717) is 0 Å². The summed E-state index contributed by atoms with van der Waals surface area (Å²) in [4.78, 5) is 4.95. The van der Waals surface area contributed by atoms with E-state index in [2.05, 4.69) is 91.5 Å². The fraction of sp³-hybridized carbons (Fsp3) is 0.625. The van der Waals surface area contributed by atoms with E-state index in [0.717, 1.165) is 32.4 Å². The second-order valence-electron chi connectivity index (χ2n) is 16.0. The van der Waals surface area contributed by atoms with Crippen LogP contribution >= 0.6 is 0 Å². The summed E-state index contributed by atoms with van der Waals surface area (Å²) in [5.41, 5.74) is 4.61. The molecule has 0 fully saturated rings. The molecule has 0 saturated carbocycles. The fourth-order valence-electron chi connectivity index (χ4n) is 8.10. The topological polar surface area (TPSA) is 13.3 Å². The maximum absolute atomic E-state index is 2.51. The van der Waals surface area contributed by atoms with Gasteiger partial charge < -0.3 is 14.7 Å².